The average molecular weight is 528 g/mol. The Kier molecular flexibility index (Phi) is 6.59. The molecule has 6 nitrogen and oxygen atoms in total. The van der Waals surface area contributed by atoms with Crippen molar-refractivity contribution in [2.45, 2.75) is 25.9 Å². The van der Waals surface area contributed by atoms with E-state index in [9.17, 15) is 4.39 Å². The van der Waals surface area contributed by atoms with Gasteiger partial charge in [-0.3, -0.25) is 4.98 Å². The monoisotopic (exact) mass is 527 g/mol. The molecule has 2 atom stereocenters. The summed E-state index contributed by atoms with van der Waals surface area (Å²) in [4.78, 5) is 9.10. The molecule has 0 unspecified atom stereocenters. The van der Waals surface area contributed by atoms with Crippen LogP contribution in [-0.2, 0) is 4.74 Å². The highest BCUT2D eigenvalue weighted by atomic mass is 32.1. The van der Waals surface area contributed by atoms with Crippen molar-refractivity contribution >= 4 is 28.7 Å². The molecule has 2 saturated heterocycles. The summed E-state index contributed by atoms with van der Waals surface area (Å²) in [7, 11) is 0. The second-order valence-electron chi connectivity index (χ2n) is 9.75. The molecule has 0 spiro atoms. The van der Waals surface area contributed by atoms with Crippen LogP contribution in [-0.4, -0.2) is 41.0 Å². The predicted molar refractivity (Wildman–Crippen MR) is 153 cm³/mol. The van der Waals surface area contributed by atoms with Gasteiger partial charge in [0.1, 0.15) is 5.82 Å². The van der Waals surface area contributed by atoms with Crippen LogP contribution in [0.25, 0.3) is 5.69 Å². The SMILES string of the molecule is Cc1cc([C@@H]2[C@@H](c3ccccn3)NC(=S)N2c2ccc(F)cc2)c(C)n1-c1ccc(N2CCOCC2)cc1. The number of nitrogens with one attached hydrogen (secondary N) is 1. The van der Waals surface area contributed by atoms with Gasteiger partial charge in [0.25, 0.3) is 0 Å². The molecule has 4 heterocycles. The van der Waals surface area contributed by atoms with E-state index in [0.717, 1.165) is 60.3 Å². The number of hydrogen-bond donors (Lipinski definition) is 1. The minimum atomic E-state index is -0.275. The molecule has 2 aliphatic heterocycles. The second-order valence-corrected chi connectivity index (χ2v) is 10.1. The van der Waals surface area contributed by atoms with Crippen molar-refractivity contribution < 1.29 is 9.13 Å². The molecule has 0 saturated carbocycles. The minimum Gasteiger partial charge on any atom is -0.378 e. The number of rotatable bonds is 5. The Morgan fingerprint density at radius 1 is 0.921 bits per heavy atom. The Balaban J connectivity index is 1.41. The molecule has 2 aromatic carbocycles. The summed E-state index contributed by atoms with van der Waals surface area (Å²) < 4.78 is 21.6. The van der Waals surface area contributed by atoms with Crippen LogP contribution in [0.2, 0.25) is 0 Å². The summed E-state index contributed by atoms with van der Waals surface area (Å²) in [6.07, 6.45) is 1.80. The lowest BCUT2D eigenvalue weighted by molar-refractivity contribution is 0.122. The number of halogens is 1. The molecule has 38 heavy (non-hydrogen) atoms. The highest BCUT2D eigenvalue weighted by molar-refractivity contribution is 7.80. The molecule has 0 amide bonds. The molecular formula is C30H30FN5OS. The van der Waals surface area contributed by atoms with Gasteiger partial charge >= 0.3 is 0 Å². The van der Waals surface area contributed by atoms with Gasteiger partial charge in [-0.2, -0.15) is 0 Å². The maximum Gasteiger partial charge on any atom is 0.174 e. The van der Waals surface area contributed by atoms with E-state index in [4.69, 9.17) is 17.0 Å². The van der Waals surface area contributed by atoms with Crippen LogP contribution in [0.1, 0.15) is 34.7 Å². The first-order valence-corrected chi connectivity index (χ1v) is 13.3. The molecule has 1 N–H and O–H groups in total. The van der Waals surface area contributed by atoms with E-state index in [-0.39, 0.29) is 17.9 Å². The van der Waals surface area contributed by atoms with Crippen molar-refractivity contribution in [1.82, 2.24) is 14.9 Å². The van der Waals surface area contributed by atoms with E-state index in [2.05, 4.69) is 68.8 Å². The number of thiocarbonyl (C=S) groups is 1. The lowest BCUT2D eigenvalue weighted by Gasteiger charge is -2.29. The largest absolute Gasteiger partial charge is 0.378 e. The molecule has 2 fully saturated rings. The van der Waals surface area contributed by atoms with Crippen LogP contribution in [0, 0.1) is 19.7 Å². The standard InChI is InChI=1S/C30H30FN5OS/c1-20-19-26(21(2)35(20)24-12-10-23(11-13-24)34-15-17-37-18-16-34)29-28(27-5-3-4-14-32-27)33-30(38)36(29)25-8-6-22(31)7-9-25/h3-14,19,28-29H,15-18H2,1-2H3,(H,33,38)/t28-,29-/m1/s1. The summed E-state index contributed by atoms with van der Waals surface area (Å²) in [5.74, 6) is -0.275. The summed E-state index contributed by atoms with van der Waals surface area (Å²) in [6, 6.07) is 23.1. The molecule has 2 aromatic heterocycles. The van der Waals surface area contributed by atoms with Crippen LogP contribution in [0.3, 0.4) is 0 Å². The minimum absolute atomic E-state index is 0.157. The molecule has 0 radical (unpaired) electrons. The first-order valence-electron chi connectivity index (χ1n) is 12.9. The van der Waals surface area contributed by atoms with Gasteiger partial charge in [-0.15, -0.1) is 0 Å². The number of hydrogen-bond acceptors (Lipinski definition) is 4. The average Bonchev–Trinajstić information content (AvgIpc) is 3.45. The maximum absolute atomic E-state index is 13.8. The Morgan fingerprint density at radius 3 is 2.29 bits per heavy atom. The number of nitrogens with zero attached hydrogens (tertiary/aromatic N) is 4. The summed E-state index contributed by atoms with van der Waals surface area (Å²) in [5.41, 5.74) is 7.48. The third-order valence-electron chi connectivity index (χ3n) is 7.48. The number of benzene rings is 2. The molecule has 8 heteroatoms. The fraction of sp³-hybridized carbons (Fsp3) is 0.267. The Morgan fingerprint density at radius 2 is 1.61 bits per heavy atom. The third-order valence-corrected chi connectivity index (χ3v) is 7.79. The zero-order valence-electron chi connectivity index (χ0n) is 21.5. The van der Waals surface area contributed by atoms with E-state index in [1.54, 1.807) is 18.3 Å². The van der Waals surface area contributed by atoms with Crippen LogP contribution in [0.5, 0.6) is 0 Å². The third kappa shape index (κ3) is 4.44. The summed E-state index contributed by atoms with van der Waals surface area (Å²) in [6.45, 7) is 7.63. The zero-order chi connectivity index (χ0) is 26.2. The highest BCUT2D eigenvalue weighted by Crippen LogP contribution is 2.43. The summed E-state index contributed by atoms with van der Waals surface area (Å²) >= 11 is 5.84. The number of ether oxygens (including phenoxy) is 1. The zero-order valence-corrected chi connectivity index (χ0v) is 22.3. The van der Waals surface area contributed by atoms with Crippen LogP contribution >= 0.6 is 12.2 Å². The van der Waals surface area contributed by atoms with Gasteiger partial charge in [0, 0.05) is 47.7 Å². The first-order chi connectivity index (χ1) is 18.5. The number of aryl methyl sites for hydroxylation is 1. The summed E-state index contributed by atoms with van der Waals surface area (Å²) in [5, 5.41) is 4.09. The lowest BCUT2D eigenvalue weighted by Crippen LogP contribution is -2.36. The quantitative estimate of drug-likeness (QED) is 0.339. The van der Waals surface area contributed by atoms with Gasteiger partial charge in [-0.05, 0) is 98.4 Å². The fourth-order valence-corrected chi connectivity index (χ4v) is 6.02. The lowest BCUT2D eigenvalue weighted by atomic mass is 9.96. The van der Waals surface area contributed by atoms with E-state index < -0.39 is 0 Å². The van der Waals surface area contributed by atoms with Crippen molar-refractivity contribution in [3.8, 4) is 5.69 Å². The Labute approximate surface area is 227 Å². The van der Waals surface area contributed by atoms with Gasteiger partial charge in [0.2, 0.25) is 0 Å². The topological polar surface area (TPSA) is 45.6 Å². The number of morpholine rings is 1. The predicted octanol–water partition coefficient (Wildman–Crippen LogP) is 5.64. The van der Waals surface area contributed by atoms with Crippen molar-refractivity contribution in [1.29, 1.82) is 0 Å². The van der Waals surface area contributed by atoms with E-state index in [1.165, 1.54) is 17.8 Å². The van der Waals surface area contributed by atoms with Crippen molar-refractivity contribution in [3.05, 3.63) is 107 Å². The van der Waals surface area contributed by atoms with Gasteiger partial charge in [0.15, 0.2) is 5.11 Å². The van der Waals surface area contributed by atoms with Gasteiger partial charge in [0.05, 0.1) is 31.0 Å². The smallest absolute Gasteiger partial charge is 0.174 e. The van der Waals surface area contributed by atoms with E-state index >= 15 is 0 Å². The Bertz CT molecular complexity index is 1430. The molecule has 6 rings (SSSR count). The fourth-order valence-electron chi connectivity index (χ4n) is 5.67. The number of aromatic nitrogens is 2. The van der Waals surface area contributed by atoms with Crippen LogP contribution < -0.4 is 15.1 Å². The van der Waals surface area contributed by atoms with E-state index in [1.807, 2.05) is 18.2 Å². The number of pyridine rings is 1. The first kappa shape index (κ1) is 24.6. The van der Waals surface area contributed by atoms with Crippen LogP contribution in [0.4, 0.5) is 15.8 Å². The van der Waals surface area contributed by atoms with Gasteiger partial charge < -0.3 is 24.4 Å². The Hall–Kier alpha value is -3.75. The van der Waals surface area contributed by atoms with E-state index in [0.29, 0.717) is 5.11 Å². The maximum atomic E-state index is 13.8. The number of anilines is 2. The molecular weight excluding hydrogens is 497 g/mol. The van der Waals surface area contributed by atoms with Gasteiger partial charge in [-0.25, -0.2) is 4.39 Å². The van der Waals surface area contributed by atoms with Crippen molar-refractivity contribution in [2.75, 3.05) is 36.1 Å². The van der Waals surface area contributed by atoms with Crippen molar-refractivity contribution in [2.24, 2.45) is 0 Å². The molecule has 0 bridgehead atoms. The van der Waals surface area contributed by atoms with Crippen molar-refractivity contribution in [3.63, 3.8) is 0 Å². The normalized spacial score (nSPS) is 19.6. The molecule has 194 valence electrons. The van der Waals surface area contributed by atoms with Gasteiger partial charge in [-0.1, -0.05) is 6.07 Å². The molecule has 4 aromatic rings. The molecule has 2 aliphatic rings. The molecule has 0 aliphatic carbocycles. The second kappa shape index (κ2) is 10.2. The highest BCUT2D eigenvalue weighted by Gasteiger charge is 2.42. The van der Waals surface area contributed by atoms with Crippen LogP contribution in [0.15, 0.2) is 79.0 Å².